The largest absolute Gasteiger partial charge is 0.443 e. The third kappa shape index (κ3) is 4.05. The van der Waals surface area contributed by atoms with E-state index in [-0.39, 0.29) is 31.7 Å². The maximum absolute atomic E-state index is 12.9. The van der Waals surface area contributed by atoms with Crippen LogP contribution in [0.1, 0.15) is 44.7 Å². The summed E-state index contributed by atoms with van der Waals surface area (Å²) in [5, 5.41) is 0. The number of hydrogen-bond acceptors (Lipinski definition) is 5. The fourth-order valence-corrected chi connectivity index (χ4v) is 3.70. The number of amides is 4. The van der Waals surface area contributed by atoms with Crippen LogP contribution in [-0.4, -0.2) is 45.3 Å². The maximum atomic E-state index is 12.9. The van der Waals surface area contributed by atoms with Gasteiger partial charge in [-0.2, -0.15) is 4.90 Å². The molecule has 0 spiro atoms. The first-order valence-electron chi connectivity index (χ1n) is 8.73. The SMILES string of the molecule is CC(C)(C)OC(=O)N1C(=O)CCC(N2Cc3cc(Br)ccc3CC2=O)C1=O. The van der Waals surface area contributed by atoms with E-state index >= 15 is 0 Å². The van der Waals surface area contributed by atoms with Crippen molar-refractivity contribution in [3.8, 4) is 0 Å². The second kappa shape index (κ2) is 7.07. The Morgan fingerprint density at radius 1 is 1.15 bits per heavy atom. The molecular weight excluding hydrogens is 416 g/mol. The van der Waals surface area contributed by atoms with Gasteiger partial charge in [0.25, 0.3) is 5.91 Å². The van der Waals surface area contributed by atoms with Gasteiger partial charge in [-0.05, 0) is 50.5 Å². The molecule has 0 radical (unpaired) electrons. The second-order valence-electron chi connectivity index (χ2n) is 7.71. The number of likely N-dealkylation sites (tertiary alicyclic amines) is 1. The zero-order chi connectivity index (χ0) is 19.9. The zero-order valence-corrected chi connectivity index (χ0v) is 17.0. The summed E-state index contributed by atoms with van der Waals surface area (Å²) in [7, 11) is 0. The molecule has 8 heteroatoms. The highest BCUT2D eigenvalue weighted by molar-refractivity contribution is 9.10. The number of ether oxygens (including phenoxy) is 1. The van der Waals surface area contributed by atoms with Crippen molar-refractivity contribution >= 4 is 39.7 Å². The lowest BCUT2D eigenvalue weighted by atomic mass is 9.95. The average Bonchev–Trinajstić information content (AvgIpc) is 2.53. The van der Waals surface area contributed by atoms with Gasteiger partial charge in [0.05, 0.1) is 6.42 Å². The number of carbonyl (C=O) groups excluding carboxylic acids is 4. The van der Waals surface area contributed by atoms with Crippen LogP contribution in [0.3, 0.4) is 0 Å². The molecule has 1 atom stereocenters. The van der Waals surface area contributed by atoms with Crippen LogP contribution in [0, 0.1) is 0 Å². The van der Waals surface area contributed by atoms with Crippen LogP contribution in [0.4, 0.5) is 4.79 Å². The van der Waals surface area contributed by atoms with E-state index < -0.39 is 29.6 Å². The van der Waals surface area contributed by atoms with E-state index in [0.717, 1.165) is 15.6 Å². The third-order valence-electron chi connectivity index (χ3n) is 4.51. The first-order valence-corrected chi connectivity index (χ1v) is 9.52. The molecule has 3 rings (SSSR count). The summed E-state index contributed by atoms with van der Waals surface area (Å²) in [5.74, 6) is -1.49. The van der Waals surface area contributed by atoms with Gasteiger partial charge in [-0.15, -0.1) is 0 Å². The Kier molecular flexibility index (Phi) is 5.12. The number of fused-ring (bicyclic) bond motifs is 1. The Morgan fingerprint density at radius 2 is 1.85 bits per heavy atom. The molecule has 2 aliphatic heterocycles. The predicted molar refractivity (Wildman–Crippen MR) is 99.5 cm³/mol. The monoisotopic (exact) mass is 436 g/mol. The number of rotatable bonds is 1. The van der Waals surface area contributed by atoms with Crippen molar-refractivity contribution in [3.05, 3.63) is 33.8 Å². The highest BCUT2D eigenvalue weighted by Gasteiger charge is 2.45. The first kappa shape index (κ1) is 19.5. The molecule has 7 nitrogen and oxygen atoms in total. The molecule has 1 unspecified atom stereocenters. The maximum Gasteiger partial charge on any atom is 0.424 e. The van der Waals surface area contributed by atoms with E-state index in [9.17, 15) is 19.2 Å². The van der Waals surface area contributed by atoms with Crippen LogP contribution in [0.2, 0.25) is 0 Å². The van der Waals surface area contributed by atoms with Crippen molar-refractivity contribution in [2.45, 2.75) is 58.2 Å². The van der Waals surface area contributed by atoms with Gasteiger partial charge in [-0.1, -0.05) is 22.0 Å². The Balaban J connectivity index is 1.84. The Bertz CT molecular complexity index is 830. The lowest BCUT2D eigenvalue weighted by Crippen LogP contribution is -2.59. The Hall–Kier alpha value is -2.22. The van der Waals surface area contributed by atoms with Crippen molar-refractivity contribution < 1.29 is 23.9 Å². The third-order valence-corrected chi connectivity index (χ3v) is 5.00. The number of carbonyl (C=O) groups is 4. The molecule has 1 aromatic rings. The number of imide groups is 3. The lowest BCUT2D eigenvalue weighted by Gasteiger charge is -2.39. The van der Waals surface area contributed by atoms with Gasteiger partial charge < -0.3 is 9.64 Å². The van der Waals surface area contributed by atoms with E-state index in [1.807, 2.05) is 18.2 Å². The summed E-state index contributed by atoms with van der Waals surface area (Å²) < 4.78 is 6.07. The normalized spacial score (nSPS) is 20.6. The fraction of sp³-hybridized carbons (Fsp3) is 0.474. The molecule has 1 aromatic carbocycles. The van der Waals surface area contributed by atoms with Gasteiger partial charge in [-0.25, -0.2) is 4.79 Å². The molecule has 144 valence electrons. The topological polar surface area (TPSA) is 84.0 Å². The molecule has 0 aliphatic carbocycles. The lowest BCUT2D eigenvalue weighted by molar-refractivity contribution is -0.156. The Labute approximate surface area is 165 Å². The van der Waals surface area contributed by atoms with Gasteiger partial charge in [0.1, 0.15) is 11.6 Å². The molecule has 0 N–H and O–H groups in total. The van der Waals surface area contributed by atoms with E-state index in [0.29, 0.717) is 4.90 Å². The van der Waals surface area contributed by atoms with Gasteiger partial charge in [0, 0.05) is 17.4 Å². The predicted octanol–water partition coefficient (Wildman–Crippen LogP) is 2.79. The van der Waals surface area contributed by atoms with Crippen molar-refractivity contribution in [1.82, 2.24) is 9.80 Å². The van der Waals surface area contributed by atoms with E-state index in [1.54, 1.807) is 20.8 Å². The molecule has 4 amide bonds. The average molecular weight is 437 g/mol. The molecule has 0 saturated carbocycles. The summed E-state index contributed by atoms with van der Waals surface area (Å²) in [6.45, 7) is 5.24. The van der Waals surface area contributed by atoms with Crippen LogP contribution in [0.5, 0.6) is 0 Å². The van der Waals surface area contributed by atoms with E-state index in [2.05, 4.69) is 15.9 Å². The summed E-state index contributed by atoms with van der Waals surface area (Å²) in [6.07, 6.45) is -0.598. The highest BCUT2D eigenvalue weighted by atomic mass is 79.9. The van der Waals surface area contributed by atoms with Crippen molar-refractivity contribution in [1.29, 1.82) is 0 Å². The number of nitrogens with zero attached hydrogens (tertiary/aromatic N) is 2. The van der Waals surface area contributed by atoms with E-state index in [1.165, 1.54) is 4.90 Å². The molecular formula is C19H21BrN2O5. The minimum absolute atomic E-state index is 0.00473. The molecule has 27 heavy (non-hydrogen) atoms. The molecule has 1 saturated heterocycles. The van der Waals surface area contributed by atoms with Gasteiger partial charge in [0.15, 0.2) is 0 Å². The van der Waals surface area contributed by atoms with Crippen molar-refractivity contribution in [3.63, 3.8) is 0 Å². The van der Waals surface area contributed by atoms with Crippen LogP contribution < -0.4 is 0 Å². The minimum atomic E-state index is -0.991. The molecule has 1 fully saturated rings. The standard InChI is InChI=1S/C19H21BrN2O5/c1-19(2,3)27-18(26)22-15(23)7-6-14(17(22)25)21-10-12-8-13(20)5-4-11(12)9-16(21)24/h4-5,8,14H,6-7,9-10H2,1-3H3. The first-order chi connectivity index (χ1) is 12.6. The second-order valence-corrected chi connectivity index (χ2v) is 8.63. The van der Waals surface area contributed by atoms with Gasteiger partial charge in [-0.3, -0.25) is 14.4 Å². The molecule has 0 bridgehead atoms. The molecule has 2 heterocycles. The van der Waals surface area contributed by atoms with Gasteiger partial charge in [0.2, 0.25) is 11.8 Å². The summed E-state index contributed by atoms with van der Waals surface area (Å²) in [4.78, 5) is 52.0. The van der Waals surface area contributed by atoms with E-state index in [4.69, 9.17) is 4.74 Å². The minimum Gasteiger partial charge on any atom is -0.443 e. The smallest absolute Gasteiger partial charge is 0.424 e. The zero-order valence-electron chi connectivity index (χ0n) is 15.5. The number of benzene rings is 1. The van der Waals surface area contributed by atoms with Crippen LogP contribution >= 0.6 is 15.9 Å². The quantitative estimate of drug-likeness (QED) is 0.631. The van der Waals surface area contributed by atoms with Crippen molar-refractivity contribution in [2.24, 2.45) is 0 Å². The molecule has 2 aliphatic rings. The molecule has 0 aromatic heterocycles. The number of hydrogen-bond donors (Lipinski definition) is 0. The summed E-state index contributed by atoms with van der Waals surface area (Å²) in [5.41, 5.74) is 1.02. The highest BCUT2D eigenvalue weighted by Crippen LogP contribution is 2.29. The van der Waals surface area contributed by atoms with Crippen molar-refractivity contribution in [2.75, 3.05) is 0 Å². The number of piperidine rings is 1. The van der Waals surface area contributed by atoms with Crippen LogP contribution in [0.15, 0.2) is 22.7 Å². The number of halogens is 1. The fourth-order valence-electron chi connectivity index (χ4n) is 3.29. The summed E-state index contributed by atoms with van der Waals surface area (Å²) >= 11 is 3.41. The van der Waals surface area contributed by atoms with Gasteiger partial charge >= 0.3 is 6.09 Å². The Morgan fingerprint density at radius 3 is 2.52 bits per heavy atom. The summed E-state index contributed by atoms with van der Waals surface area (Å²) in [6, 6.07) is 4.82. The van der Waals surface area contributed by atoms with Crippen LogP contribution in [0.25, 0.3) is 0 Å². The van der Waals surface area contributed by atoms with Crippen LogP contribution in [-0.2, 0) is 32.1 Å².